The van der Waals surface area contributed by atoms with Gasteiger partial charge in [0.25, 0.3) is 5.91 Å². The Kier molecular flexibility index (Phi) is 9.73. The number of pyridine rings is 2. The smallest absolute Gasteiger partial charge is 0.475 e. The molecule has 2 aromatic heterocycles. The van der Waals surface area contributed by atoms with Gasteiger partial charge in [-0.2, -0.15) is 26.3 Å². The summed E-state index contributed by atoms with van der Waals surface area (Å²) < 4.78 is 63.5. The van der Waals surface area contributed by atoms with E-state index in [4.69, 9.17) is 19.8 Å². The number of aromatic nitrogens is 2. The van der Waals surface area contributed by atoms with E-state index in [9.17, 15) is 35.9 Å². The molecule has 4 heterocycles. The van der Waals surface area contributed by atoms with Crippen LogP contribution in [-0.4, -0.2) is 84.7 Å². The van der Waals surface area contributed by atoms with Gasteiger partial charge < -0.3 is 20.0 Å². The highest BCUT2D eigenvalue weighted by Crippen LogP contribution is 2.34. The molecule has 2 fully saturated rings. The molecule has 2 atom stereocenters. The number of carboxylic acids is 2. The van der Waals surface area contributed by atoms with Crippen molar-refractivity contribution in [2.75, 3.05) is 6.54 Å². The second-order valence-corrected chi connectivity index (χ2v) is 7.84. The third kappa shape index (κ3) is 8.14. The highest BCUT2D eigenvalue weighted by molar-refractivity contribution is 5.95. The van der Waals surface area contributed by atoms with Gasteiger partial charge in [-0.25, -0.2) is 9.59 Å². The lowest BCUT2D eigenvalue weighted by molar-refractivity contribution is -0.193. The molecule has 2 aliphatic heterocycles. The van der Waals surface area contributed by atoms with Gasteiger partial charge in [-0.05, 0) is 36.2 Å². The largest absolute Gasteiger partial charge is 0.490 e. The number of carbonyl (C=O) groups excluding carboxylic acids is 2. The Balaban J connectivity index is 0.000000301. The third-order valence-electron chi connectivity index (χ3n) is 5.39. The standard InChI is InChI=1S/C18H18N4O2.2C2HF3O2/c23-17-11-16-15(22(17)12-13-1-6-19-7-2-13)5-10-21(16)18(24)14-3-8-20-9-4-14;2*3-2(4,5)1(6)7/h1-4,6-9,15-16H,5,10-12H2;2*(H,6,7)/t15-,16+;;/m0../s1. The molecule has 4 rings (SSSR count). The zero-order valence-corrected chi connectivity index (χ0v) is 19.2. The van der Waals surface area contributed by atoms with Crippen LogP contribution in [0, 0.1) is 0 Å². The molecule has 10 nitrogen and oxygen atoms in total. The summed E-state index contributed by atoms with van der Waals surface area (Å²) in [6.45, 7) is 1.27. The molecule has 2 aromatic rings. The SMILES string of the molecule is O=C(O)C(F)(F)F.O=C(O)C(F)(F)F.O=C(c1ccncc1)N1CC[C@H]2[C@H]1CC(=O)N2Cc1ccncc1. The lowest BCUT2D eigenvalue weighted by atomic mass is 10.1. The average Bonchev–Trinajstić information content (AvgIpc) is 3.38. The summed E-state index contributed by atoms with van der Waals surface area (Å²) in [5.74, 6) is -5.41. The van der Waals surface area contributed by atoms with Gasteiger partial charge in [-0.3, -0.25) is 19.6 Å². The molecule has 206 valence electrons. The molecular weight excluding hydrogens is 530 g/mol. The number of halogens is 6. The number of amides is 2. The number of alkyl halides is 6. The van der Waals surface area contributed by atoms with Crippen molar-refractivity contribution in [3.8, 4) is 0 Å². The van der Waals surface area contributed by atoms with E-state index in [1.54, 1.807) is 36.9 Å². The Bertz CT molecular complexity index is 1110. The Hall–Kier alpha value is -4.24. The predicted octanol–water partition coefficient (Wildman–Crippen LogP) is 2.76. The van der Waals surface area contributed by atoms with Gasteiger partial charge in [0, 0.05) is 49.9 Å². The fourth-order valence-corrected chi connectivity index (χ4v) is 3.73. The lowest BCUT2D eigenvalue weighted by Crippen LogP contribution is -2.39. The molecule has 0 aliphatic carbocycles. The first-order chi connectivity index (χ1) is 17.6. The first-order valence-electron chi connectivity index (χ1n) is 10.6. The van der Waals surface area contributed by atoms with Crippen molar-refractivity contribution >= 4 is 23.8 Å². The maximum Gasteiger partial charge on any atom is 0.490 e. The molecule has 2 N–H and O–H groups in total. The van der Waals surface area contributed by atoms with Crippen LogP contribution in [0.2, 0.25) is 0 Å². The van der Waals surface area contributed by atoms with E-state index in [0.717, 1.165) is 12.0 Å². The zero-order chi connectivity index (χ0) is 28.7. The Morgan fingerprint density at radius 3 is 1.74 bits per heavy atom. The van der Waals surface area contributed by atoms with E-state index < -0.39 is 24.3 Å². The molecule has 0 saturated carbocycles. The van der Waals surface area contributed by atoms with Crippen LogP contribution in [0.25, 0.3) is 0 Å². The predicted molar refractivity (Wildman–Crippen MR) is 114 cm³/mol. The van der Waals surface area contributed by atoms with Crippen molar-refractivity contribution in [1.82, 2.24) is 19.8 Å². The van der Waals surface area contributed by atoms with Crippen molar-refractivity contribution in [3.05, 3.63) is 60.2 Å². The molecule has 38 heavy (non-hydrogen) atoms. The minimum atomic E-state index is -5.08. The summed E-state index contributed by atoms with van der Waals surface area (Å²) in [6, 6.07) is 7.38. The van der Waals surface area contributed by atoms with Crippen LogP contribution in [0.3, 0.4) is 0 Å². The molecule has 2 saturated heterocycles. The Labute approximate surface area is 210 Å². The number of fused-ring (bicyclic) bond motifs is 1. The number of carbonyl (C=O) groups is 4. The molecule has 0 spiro atoms. The van der Waals surface area contributed by atoms with Crippen LogP contribution < -0.4 is 0 Å². The van der Waals surface area contributed by atoms with Crippen LogP contribution >= 0.6 is 0 Å². The fourth-order valence-electron chi connectivity index (χ4n) is 3.73. The quantitative estimate of drug-likeness (QED) is 0.556. The monoisotopic (exact) mass is 550 g/mol. The maximum absolute atomic E-state index is 12.7. The van der Waals surface area contributed by atoms with Crippen LogP contribution in [0.4, 0.5) is 26.3 Å². The Morgan fingerprint density at radius 1 is 0.842 bits per heavy atom. The second-order valence-electron chi connectivity index (χ2n) is 7.84. The minimum absolute atomic E-state index is 0.0107. The van der Waals surface area contributed by atoms with Crippen LogP contribution in [-0.2, 0) is 20.9 Å². The van der Waals surface area contributed by atoms with E-state index in [-0.39, 0.29) is 23.9 Å². The highest BCUT2D eigenvalue weighted by Gasteiger charge is 2.48. The molecular formula is C22H20F6N4O6. The lowest BCUT2D eigenvalue weighted by Gasteiger charge is -2.25. The number of hydrogen-bond donors (Lipinski definition) is 2. The number of hydrogen-bond acceptors (Lipinski definition) is 6. The first-order valence-corrected chi connectivity index (χ1v) is 10.6. The van der Waals surface area contributed by atoms with E-state index >= 15 is 0 Å². The summed E-state index contributed by atoms with van der Waals surface area (Å²) in [7, 11) is 0. The van der Waals surface area contributed by atoms with Crippen LogP contribution in [0.5, 0.6) is 0 Å². The van der Waals surface area contributed by atoms with Gasteiger partial charge in [0.05, 0.1) is 12.1 Å². The third-order valence-corrected chi connectivity index (χ3v) is 5.39. The van der Waals surface area contributed by atoms with Crippen molar-refractivity contribution in [2.24, 2.45) is 0 Å². The van der Waals surface area contributed by atoms with E-state index in [0.29, 0.717) is 25.1 Å². The zero-order valence-electron chi connectivity index (χ0n) is 19.2. The van der Waals surface area contributed by atoms with Crippen molar-refractivity contribution < 1.29 is 55.7 Å². The number of carboxylic acid groups (broad SMARTS) is 2. The van der Waals surface area contributed by atoms with Crippen LogP contribution in [0.15, 0.2) is 49.1 Å². The number of nitrogens with zero attached hydrogens (tertiary/aromatic N) is 4. The van der Waals surface area contributed by atoms with Crippen molar-refractivity contribution in [1.29, 1.82) is 0 Å². The minimum Gasteiger partial charge on any atom is -0.475 e. The first kappa shape index (κ1) is 30.0. The summed E-state index contributed by atoms with van der Waals surface area (Å²) in [5.41, 5.74) is 1.70. The molecule has 2 aliphatic rings. The summed E-state index contributed by atoms with van der Waals surface area (Å²) in [6.07, 6.45) is -2.21. The van der Waals surface area contributed by atoms with E-state index in [2.05, 4.69) is 9.97 Å². The maximum atomic E-state index is 12.7. The molecule has 0 radical (unpaired) electrons. The normalized spacial score (nSPS) is 18.5. The van der Waals surface area contributed by atoms with Gasteiger partial charge in [-0.15, -0.1) is 0 Å². The number of rotatable bonds is 3. The molecule has 0 bridgehead atoms. The number of aliphatic carboxylic acids is 2. The average molecular weight is 550 g/mol. The molecule has 0 unspecified atom stereocenters. The second kappa shape index (κ2) is 12.3. The Morgan fingerprint density at radius 2 is 1.29 bits per heavy atom. The van der Waals surface area contributed by atoms with Crippen LogP contribution in [0.1, 0.15) is 28.8 Å². The molecule has 16 heteroatoms. The fraction of sp³-hybridized carbons (Fsp3) is 0.364. The van der Waals surface area contributed by atoms with Crippen molar-refractivity contribution in [3.63, 3.8) is 0 Å². The van der Waals surface area contributed by atoms with E-state index in [1.165, 1.54) is 0 Å². The number of likely N-dealkylation sites (tertiary alicyclic amines) is 2. The van der Waals surface area contributed by atoms with E-state index in [1.807, 2.05) is 21.9 Å². The summed E-state index contributed by atoms with van der Waals surface area (Å²) in [5, 5.41) is 14.2. The van der Waals surface area contributed by atoms with Gasteiger partial charge in [0.2, 0.25) is 5.91 Å². The van der Waals surface area contributed by atoms with Gasteiger partial charge in [0.15, 0.2) is 0 Å². The van der Waals surface area contributed by atoms with Gasteiger partial charge in [-0.1, -0.05) is 0 Å². The topological polar surface area (TPSA) is 141 Å². The van der Waals surface area contributed by atoms with Gasteiger partial charge in [0.1, 0.15) is 0 Å². The summed E-state index contributed by atoms with van der Waals surface area (Å²) in [4.78, 5) is 54.7. The molecule has 2 amide bonds. The summed E-state index contributed by atoms with van der Waals surface area (Å²) >= 11 is 0. The van der Waals surface area contributed by atoms with Crippen molar-refractivity contribution in [2.45, 2.75) is 43.8 Å². The van der Waals surface area contributed by atoms with Gasteiger partial charge >= 0.3 is 24.3 Å². The molecule has 0 aromatic carbocycles. The highest BCUT2D eigenvalue weighted by atomic mass is 19.4.